The van der Waals surface area contributed by atoms with E-state index < -0.39 is 28.9 Å². The number of aliphatic hydroxyl groups excluding tert-OH is 1. The van der Waals surface area contributed by atoms with Gasteiger partial charge in [0.1, 0.15) is 23.2 Å². The Morgan fingerprint density at radius 1 is 1.13 bits per heavy atom. The number of unbranched alkanes of at least 4 members (excludes halogenated alkanes) is 2. The number of phenols is 1. The van der Waals surface area contributed by atoms with E-state index in [2.05, 4.69) is 4.74 Å². The first kappa shape index (κ1) is 35.8. The molecule has 3 N–H and O–H groups in total. The van der Waals surface area contributed by atoms with E-state index >= 15 is 0 Å². The Morgan fingerprint density at radius 2 is 1.94 bits per heavy atom. The zero-order valence-electron chi connectivity index (χ0n) is 25.8. The summed E-state index contributed by atoms with van der Waals surface area (Å²) < 4.78 is 15.9. The van der Waals surface area contributed by atoms with E-state index in [1.165, 1.54) is 30.0 Å². The maximum Gasteiger partial charge on any atom is 0.513 e. The van der Waals surface area contributed by atoms with Crippen molar-refractivity contribution in [2.75, 3.05) is 6.61 Å². The Morgan fingerprint density at radius 3 is 2.64 bits per heavy atom. The molecule has 4 aromatic rings. The fraction of sp³-hybridized carbons (Fsp3) is 0.286. The Kier molecular flexibility index (Phi) is 13.1. The van der Waals surface area contributed by atoms with Crippen LogP contribution in [-0.2, 0) is 6.42 Å². The summed E-state index contributed by atoms with van der Waals surface area (Å²) in [6, 6.07) is 11.0. The van der Waals surface area contributed by atoms with Gasteiger partial charge in [0.2, 0.25) is 0 Å². The quantitative estimate of drug-likeness (QED) is 0.0341. The third-order valence-electron chi connectivity index (χ3n) is 7.02. The van der Waals surface area contributed by atoms with Crippen LogP contribution in [0.3, 0.4) is 0 Å². The van der Waals surface area contributed by atoms with E-state index in [1.807, 2.05) is 31.2 Å². The van der Waals surface area contributed by atoms with Crippen molar-refractivity contribution in [1.29, 1.82) is 0 Å². The number of Topliss-reactive ketones (excluding diaryl/α,β-unsaturated/α-hetero) is 1. The monoisotopic (exact) mass is 698 g/mol. The normalized spacial score (nSPS) is 12.9. The number of benzene rings is 2. The first-order valence-corrected chi connectivity index (χ1v) is 17.1. The van der Waals surface area contributed by atoms with Crippen molar-refractivity contribution in [1.82, 2.24) is 0 Å². The molecule has 9 nitrogen and oxygen atoms in total. The van der Waals surface area contributed by atoms with Gasteiger partial charge in [-0.2, -0.15) is 0 Å². The number of fused-ring (bicyclic) bond motifs is 1. The molecule has 4 rings (SSSR count). The molecule has 0 radical (unpaired) electrons. The Bertz CT molecular complexity index is 1830. The zero-order valence-corrected chi connectivity index (χ0v) is 28.2. The molecule has 0 saturated carbocycles. The molecule has 0 fully saturated rings. The second-order valence-electron chi connectivity index (χ2n) is 10.6. The minimum atomic E-state index is -1.60. The van der Waals surface area contributed by atoms with Crippen LogP contribution in [0.1, 0.15) is 66.4 Å². The molecule has 2 unspecified atom stereocenters. The predicted molar refractivity (Wildman–Crippen MR) is 185 cm³/mol. The third-order valence-corrected chi connectivity index (χ3v) is 9.58. The van der Waals surface area contributed by atoms with Gasteiger partial charge in [-0.3, -0.25) is 9.59 Å². The van der Waals surface area contributed by atoms with E-state index in [0.717, 1.165) is 31.7 Å². The number of rotatable bonds is 16. The van der Waals surface area contributed by atoms with Crippen molar-refractivity contribution in [3.63, 3.8) is 0 Å². The standard InChI is InChI=1S/C35H35ClO9S2/c1-3-10-26-28(15-14-24(21(2)37)33(26)39)43-16-9-7-5-4-6-8-11-30(34(40)31-17-22(36)20-46-31)47-23-12-13-25-27(38)19-32(45-35(41)42)44-29(25)18-23/h4,6,8,11-15,17-20,30,34,39-40H,3,5,7,9-10,16H2,1-2H3,(H,41,42)/b6-4-,11-8+. The van der Waals surface area contributed by atoms with Gasteiger partial charge in [-0.05, 0) is 69.0 Å². The molecule has 2 heterocycles. The van der Waals surface area contributed by atoms with E-state index in [-0.39, 0.29) is 22.5 Å². The highest BCUT2D eigenvalue weighted by Gasteiger charge is 2.22. The maximum absolute atomic E-state index is 12.4. The van der Waals surface area contributed by atoms with Gasteiger partial charge < -0.3 is 29.2 Å². The first-order valence-electron chi connectivity index (χ1n) is 15.0. The second kappa shape index (κ2) is 17.2. The molecule has 12 heteroatoms. The number of hydrogen-bond acceptors (Lipinski definition) is 10. The highest BCUT2D eigenvalue weighted by molar-refractivity contribution is 8.00. The van der Waals surface area contributed by atoms with Gasteiger partial charge in [-0.15, -0.1) is 23.1 Å². The second-order valence-corrected chi connectivity index (χ2v) is 13.2. The van der Waals surface area contributed by atoms with Crippen LogP contribution in [0, 0.1) is 0 Å². The lowest BCUT2D eigenvalue weighted by Crippen LogP contribution is -2.11. The number of hydrogen-bond donors (Lipinski definition) is 3. The van der Waals surface area contributed by atoms with Crippen LogP contribution in [-0.4, -0.2) is 39.1 Å². The van der Waals surface area contributed by atoms with Gasteiger partial charge >= 0.3 is 6.16 Å². The summed E-state index contributed by atoms with van der Waals surface area (Å²) in [5.74, 6) is -0.0104. The molecule has 0 amide bonds. The van der Waals surface area contributed by atoms with Crippen LogP contribution in [0.15, 0.2) is 86.3 Å². The molecular formula is C35H35ClO9S2. The summed E-state index contributed by atoms with van der Waals surface area (Å²) in [7, 11) is 0. The van der Waals surface area contributed by atoms with Gasteiger partial charge in [-0.25, -0.2) is 4.79 Å². The van der Waals surface area contributed by atoms with E-state index in [4.69, 9.17) is 25.9 Å². The molecule has 47 heavy (non-hydrogen) atoms. The molecule has 2 aromatic carbocycles. The maximum atomic E-state index is 12.4. The summed E-state index contributed by atoms with van der Waals surface area (Å²) >= 11 is 8.81. The molecule has 0 aliphatic carbocycles. The van der Waals surface area contributed by atoms with E-state index in [1.54, 1.807) is 41.8 Å². The first-order chi connectivity index (χ1) is 22.6. The van der Waals surface area contributed by atoms with Gasteiger partial charge in [0.25, 0.3) is 5.95 Å². The fourth-order valence-corrected chi connectivity index (χ4v) is 7.04. The van der Waals surface area contributed by atoms with Gasteiger partial charge in [0.15, 0.2) is 11.2 Å². The van der Waals surface area contributed by atoms with Crippen LogP contribution in [0.2, 0.25) is 5.02 Å². The number of thioether (sulfide) groups is 1. The van der Waals surface area contributed by atoms with Crippen LogP contribution in [0.4, 0.5) is 4.79 Å². The van der Waals surface area contributed by atoms with Crippen LogP contribution in [0.25, 0.3) is 11.0 Å². The summed E-state index contributed by atoms with van der Waals surface area (Å²) in [4.78, 5) is 36.5. The van der Waals surface area contributed by atoms with Gasteiger partial charge in [0.05, 0.1) is 33.9 Å². The van der Waals surface area contributed by atoms with Crippen LogP contribution >= 0.6 is 34.7 Å². The number of carbonyl (C=O) groups excluding carboxylic acids is 1. The smallest absolute Gasteiger partial charge is 0.507 e. The minimum Gasteiger partial charge on any atom is -0.507 e. The molecular weight excluding hydrogens is 664 g/mol. The summed E-state index contributed by atoms with van der Waals surface area (Å²) in [5, 5.41) is 32.7. The third kappa shape index (κ3) is 9.98. The van der Waals surface area contributed by atoms with Crippen molar-refractivity contribution in [3.8, 4) is 17.4 Å². The largest absolute Gasteiger partial charge is 0.513 e. The molecule has 2 aromatic heterocycles. The highest BCUT2D eigenvalue weighted by Crippen LogP contribution is 2.38. The van der Waals surface area contributed by atoms with Crippen LogP contribution < -0.4 is 14.9 Å². The molecule has 0 saturated heterocycles. The van der Waals surface area contributed by atoms with Crippen molar-refractivity contribution < 1.29 is 38.8 Å². The average molecular weight is 699 g/mol. The summed E-state index contributed by atoms with van der Waals surface area (Å²) in [6.45, 7) is 3.91. The van der Waals surface area contributed by atoms with Crippen molar-refractivity contribution in [2.24, 2.45) is 0 Å². The summed E-state index contributed by atoms with van der Waals surface area (Å²) in [5.41, 5.74) is 0.684. The lowest BCUT2D eigenvalue weighted by Gasteiger charge is -2.18. The average Bonchev–Trinajstić information content (AvgIpc) is 3.46. The Labute approximate surface area is 285 Å². The van der Waals surface area contributed by atoms with Crippen molar-refractivity contribution in [2.45, 2.75) is 62.2 Å². The molecule has 0 aliphatic heterocycles. The molecule has 248 valence electrons. The fourth-order valence-electron chi connectivity index (χ4n) is 4.76. The number of carbonyl (C=O) groups is 2. The topological polar surface area (TPSA) is 144 Å². The van der Waals surface area contributed by atoms with Crippen LogP contribution in [0.5, 0.6) is 17.4 Å². The van der Waals surface area contributed by atoms with E-state index in [9.17, 15) is 24.6 Å². The number of aliphatic hydroxyl groups is 1. The van der Waals surface area contributed by atoms with Gasteiger partial charge in [0, 0.05) is 20.7 Å². The minimum absolute atomic E-state index is 0.00187. The highest BCUT2D eigenvalue weighted by atomic mass is 35.5. The summed E-state index contributed by atoms with van der Waals surface area (Å²) in [6.07, 6.45) is 9.09. The zero-order chi connectivity index (χ0) is 33.9. The van der Waals surface area contributed by atoms with Crippen molar-refractivity contribution in [3.05, 3.63) is 103 Å². The molecule has 0 bridgehead atoms. The number of ether oxygens (including phenoxy) is 2. The Hall–Kier alpha value is -4.03. The number of ketones is 1. The number of aromatic hydroxyl groups is 1. The number of thiophene rings is 1. The number of carboxylic acid groups (broad SMARTS) is 1. The number of halogens is 1. The van der Waals surface area contributed by atoms with Gasteiger partial charge in [-0.1, -0.05) is 49.2 Å². The molecule has 0 spiro atoms. The van der Waals surface area contributed by atoms with E-state index in [0.29, 0.717) is 44.7 Å². The Balaban J connectivity index is 1.37. The SMILES string of the molecule is CCCc1c(OCCCC/C=C\C=C\C(Sc2ccc3c(=O)cc(OC(=O)O)oc3c2)C(O)c2cc(Cl)cs2)ccc(C(C)=O)c1O. The van der Waals surface area contributed by atoms with Crippen molar-refractivity contribution >= 4 is 57.6 Å². The number of phenolic OH excluding ortho intramolecular Hbond substituents is 1. The predicted octanol–water partition coefficient (Wildman–Crippen LogP) is 8.98. The lowest BCUT2D eigenvalue weighted by atomic mass is 10.0. The molecule has 0 aliphatic rings. The number of allylic oxidation sites excluding steroid dienone is 3. The molecule has 2 atom stereocenters. The lowest BCUT2D eigenvalue weighted by molar-refractivity contribution is 0.101.